The van der Waals surface area contributed by atoms with Crippen LogP contribution in [-0.2, 0) is 20.6 Å². The van der Waals surface area contributed by atoms with Crippen LogP contribution in [0.25, 0.3) is 0 Å². The van der Waals surface area contributed by atoms with E-state index >= 15 is 4.39 Å². The lowest BCUT2D eigenvalue weighted by Crippen LogP contribution is -2.56. The highest BCUT2D eigenvalue weighted by atomic mass is 19.1. The number of rotatable bonds is 3. The fourth-order valence-corrected chi connectivity index (χ4v) is 4.82. The highest BCUT2D eigenvalue weighted by molar-refractivity contribution is 6.62. The van der Waals surface area contributed by atoms with E-state index in [4.69, 9.17) is 14.0 Å². The van der Waals surface area contributed by atoms with Gasteiger partial charge in [-0.3, -0.25) is 9.80 Å². The molecule has 6 nitrogen and oxygen atoms in total. The Morgan fingerprint density at radius 2 is 1.69 bits per heavy atom. The molecule has 3 fully saturated rings. The number of carbonyl (C=O) groups excluding carboxylic acids is 1. The predicted octanol–water partition coefficient (Wildman–Crippen LogP) is 3.71. The summed E-state index contributed by atoms with van der Waals surface area (Å²) in [5, 5.41) is 0. The molecule has 0 aromatic heterocycles. The van der Waals surface area contributed by atoms with Crippen LogP contribution in [0.5, 0.6) is 0 Å². The highest BCUT2D eigenvalue weighted by Crippen LogP contribution is 2.37. The third kappa shape index (κ3) is 4.54. The summed E-state index contributed by atoms with van der Waals surface area (Å²) in [6, 6.07) is 5.61. The fourth-order valence-electron chi connectivity index (χ4n) is 4.82. The largest absolute Gasteiger partial charge is 0.497 e. The van der Waals surface area contributed by atoms with Crippen LogP contribution in [-0.4, -0.2) is 65.0 Å². The first-order valence-corrected chi connectivity index (χ1v) is 11.6. The monoisotopic (exact) mass is 446 g/mol. The van der Waals surface area contributed by atoms with E-state index in [1.54, 1.807) is 12.1 Å². The van der Waals surface area contributed by atoms with Crippen LogP contribution in [0, 0.1) is 5.82 Å². The van der Waals surface area contributed by atoms with E-state index in [9.17, 15) is 4.79 Å². The van der Waals surface area contributed by atoms with Gasteiger partial charge in [-0.15, -0.1) is 0 Å². The van der Waals surface area contributed by atoms with Crippen molar-refractivity contribution in [2.45, 2.75) is 96.7 Å². The van der Waals surface area contributed by atoms with Crippen molar-refractivity contribution < 1.29 is 23.2 Å². The van der Waals surface area contributed by atoms with Crippen LogP contribution >= 0.6 is 0 Å². The zero-order chi connectivity index (χ0) is 23.5. The molecule has 0 N–H and O–H groups in total. The van der Waals surface area contributed by atoms with Crippen molar-refractivity contribution in [3.63, 3.8) is 0 Å². The van der Waals surface area contributed by atoms with Crippen molar-refractivity contribution in [3.05, 3.63) is 29.6 Å². The standard InChI is InChI=1S/C24H36BFN2O4/c1-22(2,3)30-21(29)28-17-9-10-18(28)15-27(14-17)13-16-8-11-19(20(26)12-16)25-31-23(4,5)24(6,7)32-25/h8,11-12,17-18H,9-10,13-15H2,1-7H3. The Kier molecular flexibility index (Phi) is 5.88. The van der Waals surface area contributed by atoms with E-state index in [-0.39, 0.29) is 24.0 Å². The zero-order valence-electron chi connectivity index (χ0n) is 20.4. The molecule has 3 aliphatic heterocycles. The molecule has 2 bridgehead atoms. The number of carbonyl (C=O) groups is 1. The van der Waals surface area contributed by atoms with Gasteiger partial charge in [0.1, 0.15) is 11.4 Å². The molecular formula is C24H36BFN2O4. The van der Waals surface area contributed by atoms with Gasteiger partial charge in [-0.25, -0.2) is 9.18 Å². The zero-order valence-corrected chi connectivity index (χ0v) is 20.4. The minimum absolute atomic E-state index is 0.150. The number of benzene rings is 1. The maximum absolute atomic E-state index is 15.0. The third-order valence-electron chi connectivity index (χ3n) is 7.14. The first-order chi connectivity index (χ1) is 14.8. The molecule has 0 aliphatic carbocycles. The summed E-state index contributed by atoms with van der Waals surface area (Å²) in [4.78, 5) is 16.9. The third-order valence-corrected chi connectivity index (χ3v) is 7.14. The molecule has 0 radical (unpaired) electrons. The van der Waals surface area contributed by atoms with Crippen molar-refractivity contribution >= 4 is 18.7 Å². The lowest BCUT2D eigenvalue weighted by Gasteiger charge is -2.41. The van der Waals surface area contributed by atoms with Crippen LogP contribution in [0.15, 0.2) is 18.2 Å². The maximum Gasteiger partial charge on any atom is 0.497 e. The summed E-state index contributed by atoms with van der Waals surface area (Å²) in [5.74, 6) is -0.309. The van der Waals surface area contributed by atoms with Crippen molar-refractivity contribution in [2.75, 3.05) is 13.1 Å². The number of hydrogen-bond acceptors (Lipinski definition) is 5. The highest BCUT2D eigenvalue weighted by Gasteiger charge is 2.52. The summed E-state index contributed by atoms with van der Waals surface area (Å²) in [7, 11) is -0.706. The SMILES string of the molecule is CC(C)(C)OC(=O)N1C2CCC1CN(Cc1ccc(B3OC(C)(C)C(C)(C)O3)c(F)c1)C2. The summed E-state index contributed by atoms with van der Waals surface area (Å²) in [6.45, 7) is 15.7. The van der Waals surface area contributed by atoms with Crippen LogP contribution in [0.1, 0.15) is 66.9 Å². The second-order valence-corrected chi connectivity index (χ2v) is 11.4. The molecule has 3 saturated heterocycles. The van der Waals surface area contributed by atoms with Gasteiger partial charge in [0.2, 0.25) is 0 Å². The van der Waals surface area contributed by atoms with E-state index < -0.39 is 23.9 Å². The molecule has 32 heavy (non-hydrogen) atoms. The van der Waals surface area contributed by atoms with Crippen molar-refractivity contribution in [1.82, 2.24) is 9.80 Å². The number of halogens is 1. The summed E-state index contributed by atoms with van der Waals surface area (Å²) in [6.07, 6.45) is 1.74. The minimum atomic E-state index is -0.706. The van der Waals surface area contributed by atoms with Gasteiger partial charge in [0, 0.05) is 37.2 Å². The molecule has 3 aliphatic rings. The van der Waals surface area contributed by atoms with Crippen LogP contribution in [0.3, 0.4) is 0 Å². The molecule has 1 amide bonds. The van der Waals surface area contributed by atoms with E-state index in [2.05, 4.69) is 4.90 Å². The van der Waals surface area contributed by atoms with Crippen LogP contribution in [0.2, 0.25) is 0 Å². The molecular weight excluding hydrogens is 410 g/mol. The number of amides is 1. The Balaban J connectivity index is 1.40. The average Bonchev–Trinajstić information content (AvgIpc) is 3.02. The first-order valence-electron chi connectivity index (χ1n) is 11.6. The number of fused-ring (bicyclic) bond motifs is 2. The number of likely N-dealkylation sites (tertiary alicyclic amines) is 1. The fraction of sp³-hybridized carbons (Fsp3) is 0.708. The summed E-state index contributed by atoms with van der Waals surface area (Å²) >= 11 is 0. The number of ether oxygens (including phenoxy) is 1. The van der Waals surface area contributed by atoms with Crippen LogP contribution in [0.4, 0.5) is 9.18 Å². The van der Waals surface area contributed by atoms with Crippen molar-refractivity contribution in [2.24, 2.45) is 0 Å². The Labute approximate surface area is 191 Å². The molecule has 0 saturated carbocycles. The normalized spacial score (nSPS) is 27.1. The Bertz CT molecular complexity index is 855. The smallest absolute Gasteiger partial charge is 0.444 e. The number of piperazine rings is 1. The van der Waals surface area contributed by atoms with Crippen molar-refractivity contribution in [1.29, 1.82) is 0 Å². The van der Waals surface area contributed by atoms with E-state index in [1.165, 1.54) is 0 Å². The lowest BCUT2D eigenvalue weighted by molar-refractivity contribution is -0.00542. The first kappa shape index (κ1) is 23.5. The molecule has 3 heterocycles. The Morgan fingerprint density at radius 1 is 1.12 bits per heavy atom. The van der Waals surface area contributed by atoms with Gasteiger partial charge in [-0.05, 0) is 72.9 Å². The van der Waals surface area contributed by atoms with E-state index in [1.807, 2.05) is 59.4 Å². The van der Waals surface area contributed by atoms with Gasteiger partial charge in [-0.2, -0.15) is 0 Å². The second kappa shape index (κ2) is 7.99. The molecule has 1 aromatic rings. The average molecular weight is 446 g/mol. The molecule has 176 valence electrons. The topological polar surface area (TPSA) is 51.2 Å². The second-order valence-electron chi connectivity index (χ2n) is 11.4. The molecule has 2 unspecified atom stereocenters. The van der Waals surface area contributed by atoms with Gasteiger partial charge in [0.25, 0.3) is 0 Å². The van der Waals surface area contributed by atoms with E-state index in [0.29, 0.717) is 12.0 Å². The lowest BCUT2D eigenvalue weighted by atomic mass is 9.78. The summed E-state index contributed by atoms with van der Waals surface area (Å²) in [5.41, 5.74) is -0.161. The van der Waals surface area contributed by atoms with Gasteiger partial charge < -0.3 is 14.0 Å². The van der Waals surface area contributed by atoms with Crippen LogP contribution < -0.4 is 5.46 Å². The Hall–Kier alpha value is -1.64. The number of hydrogen-bond donors (Lipinski definition) is 0. The maximum atomic E-state index is 15.0. The van der Waals surface area contributed by atoms with Gasteiger partial charge in [0.05, 0.1) is 11.2 Å². The van der Waals surface area contributed by atoms with Gasteiger partial charge in [-0.1, -0.05) is 12.1 Å². The van der Waals surface area contributed by atoms with E-state index in [0.717, 1.165) is 31.5 Å². The molecule has 0 spiro atoms. The molecule has 4 rings (SSSR count). The summed E-state index contributed by atoms with van der Waals surface area (Å²) < 4.78 is 32.6. The molecule has 1 aromatic carbocycles. The van der Waals surface area contributed by atoms with Crippen molar-refractivity contribution in [3.8, 4) is 0 Å². The van der Waals surface area contributed by atoms with Gasteiger partial charge >= 0.3 is 13.2 Å². The number of nitrogens with zero attached hydrogens (tertiary/aromatic N) is 2. The van der Waals surface area contributed by atoms with Gasteiger partial charge in [0.15, 0.2) is 0 Å². The quantitative estimate of drug-likeness (QED) is 0.663. The Morgan fingerprint density at radius 3 is 2.19 bits per heavy atom. The molecule has 8 heteroatoms. The minimum Gasteiger partial charge on any atom is -0.444 e. The molecule has 2 atom stereocenters. The predicted molar refractivity (Wildman–Crippen MR) is 122 cm³/mol.